The number of nitrogens with zero attached hydrogens (tertiary/aromatic N) is 3. The van der Waals surface area contributed by atoms with Gasteiger partial charge < -0.3 is 33.7 Å². The molecule has 0 aromatic rings. The number of carbonyl (C=O) groups excluding carboxylic acids is 2. The Morgan fingerprint density at radius 3 is 2.04 bits per heavy atom. The van der Waals surface area contributed by atoms with Gasteiger partial charge in [-0.15, -0.1) is 0 Å². The minimum atomic E-state index is -2.20. The predicted molar refractivity (Wildman–Crippen MR) is 93.6 cm³/mol. The molecular formula is C16H24N3O6P. The van der Waals surface area contributed by atoms with Gasteiger partial charge in [-0.2, -0.15) is 0 Å². The van der Waals surface area contributed by atoms with Crippen molar-refractivity contribution in [3.05, 3.63) is 23.2 Å². The van der Waals surface area contributed by atoms with Crippen LogP contribution in [-0.4, -0.2) is 95.1 Å². The molecule has 10 heteroatoms. The van der Waals surface area contributed by atoms with E-state index < -0.39 is 8.60 Å². The summed E-state index contributed by atoms with van der Waals surface area (Å²) in [7, 11) is -2.20. The average molecular weight is 385 g/mol. The Morgan fingerprint density at radius 1 is 0.962 bits per heavy atom. The van der Waals surface area contributed by atoms with Crippen LogP contribution in [0.2, 0.25) is 0 Å². The van der Waals surface area contributed by atoms with Crippen molar-refractivity contribution >= 4 is 20.2 Å². The molecule has 0 unspecified atom stereocenters. The highest BCUT2D eigenvalue weighted by atomic mass is 31.2. The molecule has 0 bridgehead atoms. The lowest BCUT2D eigenvalue weighted by atomic mass is 10.0. The van der Waals surface area contributed by atoms with E-state index in [0.717, 1.165) is 39.3 Å². The number of rotatable bonds is 8. The van der Waals surface area contributed by atoms with Crippen LogP contribution < -0.4 is 0 Å². The largest absolute Gasteiger partial charge is 0.379 e. The fourth-order valence-corrected chi connectivity index (χ4v) is 2.84. The molecule has 3 aliphatic heterocycles. The maximum Gasteiger partial charge on any atom is 0.327 e. The molecule has 144 valence electrons. The molecule has 0 radical (unpaired) electrons. The summed E-state index contributed by atoms with van der Waals surface area (Å²) in [6.45, 7) is 8.55. The smallest absolute Gasteiger partial charge is 0.327 e. The van der Waals surface area contributed by atoms with Crippen LogP contribution in [0.1, 0.15) is 6.92 Å². The lowest BCUT2D eigenvalue weighted by molar-refractivity contribution is -0.117. The van der Waals surface area contributed by atoms with Crippen LogP contribution >= 0.6 is 8.60 Å². The van der Waals surface area contributed by atoms with E-state index in [1.54, 1.807) is 0 Å². The topological polar surface area (TPSA) is 102 Å². The zero-order valence-corrected chi connectivity index (χ0v) is 15.7. The Kier molecular flexibility index (Phi) is 6.26. The molecule has 1 aliphatic carbocycles. The molecule has 3 heterocycles. The molecule has 0 spiro atoms. The Morgan fingerprint density at radius 2 is 1.54 bits per heavy atom. The monoisotopic (exact) mass is 385 g/mol. The molecule has 4 aliphatic rings. The second-order valence-corrected chi connectivity index (χ2v) is 6.93. The van der Waals surface area contributed by atoms with Crippen LogP contribution in [0.4, 0.5) is 0 Å². The lowest BCUT2D eigenvalue weighted by Crippen LogP contribution is -2.29. The Bertz CT molecular complexity index is 623. The summed E-state index contributed by atoms with van der Waals surface area (Å²) in [5.74, 6) is 0.0485. The van der Waals surface area contributed by atoms with Gasteiger partial charge >= 0.3 is 8.60 Å². The normalized spacial score (nSPS) is 21.1. The lowest BCUT2D eigenvalue weighted by Gasteiger charge is -2.21. The number of hydrogen-bond acceptors (Lipinski definition) is 9. The SMILES string of the molecule is CCOCCOP(O)O.O=C1C=C(N2CC2)C(=O)C(N2CC2)=C1N1CC1. The van der Waals surface area contributed by atoms with Crippen molar-refractivity contribution in [1.29, 1.82) is 0 Å². The fourth-order valence-electron chi connectivity index (χ4n) is 2.60. The first kappa shape index (κ1) is 19.3. The highest BCUT2D eigenvalue weighted by Gasteiger charge is 2.43. The number of ketones is 2. The van der Waals surface area contributed by atoms with Gasteiger partial charge in [0.2, 0.25) is 11.6 Å². The molecule has 4 rings (SSSR count). The molecular weight excluding hydrogens is 361 g/mol. The van der Waals surface area contributed by atoms with Crippen molar-refractivity contribution in [3.8, 4) is 0 Å². The van der Waals surface area contributed by atoms with E-state index >= 15 is 0 Å². The van der Waals surface area contributed by atoms with Crippen molar-refractivity contribution < 1.29 is 28.6 Å². The summed E-state index contributed by atoms with van der Waals surface area (Å²) in [6, 6.07) is 0. The molecule has 3 saturated heterocycles. The number of allylic oxidation sites excluding steroid dienone is 1. The summed E-state index contributed by atoms with van der Waals surface area (Å²) in [5.41, 5.74) is 1.89. The van der Waals surface area contributed by atoms with E-state index in [9.17, 15) is 9.59 Å². The minimum absolute atomic E-state index is 0.00546. The second kappa shape index (κ2) is 8.45. The molecule has 3 fully saturated rings. The second-order valence-electron chi connectivity index (χ2n) is 6.16. The van der Waals surface area contributed by atoms with Crippen molar-refractivity contribution in [2.45, 2.75) is 6.92 Å². The summed E-state index contributed by atoms with van der Waals surface area (Å²) in [6.07, 6.45) is 1.52. The number of carbonyl (C=O) groups is 2. The third-order valence-corrected chi connectivity index (χ3v) is 4.54. The van der Waals surface area contributed by atoms with Crippen molar-refractivity contribution in [3.63, 3.8) is 0 Å². The molecule has 9 nitrogen and oxygen atoms in total. The van der Waals surface area contributed by atoms with E-state index in [2.05, 4.69) is 4.52 Å². The number of Topliss-reactive ketones (excluding diaryl/α,β-unsaturated/α-hetero) is 1. The van der Waals surface area contributed by atoms with E-state index in [0.29, 0.717) is 30.3 Å². The molecule has 0 saturated carbocycles. The van der Waals surface area contributed by atoms with Gasteiger partial charge in [0.25, 0.3) is 0 Å². The Balaban J connectivity index is 0.000000188. The van der Waals surface area contributed by atoms with Crippen molar-refractivity contribution in [2.24, 2.45) is 0 Å². The molecule has 2 N–H and O–H groups in total. The van der Waals surface area contributed by atoms with E-state index in [4.69, 9.17) is 14.5 Å². The first-order chi connectivity index (χ1) is 12.5. The summed E-state index contributed by atoms with van der Waals surface area (Å²) < 4.78 is 9.24. The quantitative estimate of drug-likeness (QED) is 0.246. The van der Waals surface area contributed by atoms with E-state index in [1.165, 1.54) is 6.08 Å². The van der Waals surface area contributed by atoms with Gasteiger partial charge in [-0.25, -0.2) is 0 Å². The Hall–Kier alpha value is -1.51. The third-order valence-electron chi connectivity index (χ3n) is 4.13. The molecule has 26 heavy (non-hydrogen) atoms. The highest BCUT2D eigenvalue weighted by Crippen LogP contribution is 2.33. The third kappa shape index (κ3) is 5.02. The van der Waals surface area contributed by atoms with Crippen molar-refractivity contribution in [1.82, 2.24) is 14.7 Å². The summed E-state index contributed by atoms with van der Waals surface area (Å²) in [5, 5.41) is 0. The number of ether oxygens (including phenoxy) is 1. The van der Waals surface area contributed by atoms with Crippen LogP contribution in [-0.2, 0) is 18.8 Å². The fraction of sp³-hybridized carbons (Fsp3) is 0.625. The predicted octanol–water partition coefficient (Wildman–Crippen LogP) is -0.568. The van der Waals surface area contributed by atoms with Crippen LogP contribution in [0.5, 0.6) is 0 Å². The van der Waals surface area contributed by atoms with Gasteiger partial charge in [0, 0.05) is 52.0 Å². The average Bonchev–Trinajstić information content (AvgIpc) is 3.47. The molecule has 0 amide bonds. The zero-order chi connectivity index (χ0) is 18.7. The summed E-state index contributed by atoms with van der Waals surface area (Å²) in [4.78, 5) is 46.9. The summed E-state index contributed by atoms with van der Waals surface area (Å²) >= 11 is 0. The molecule has 0 aromatic carbocycles. The first-order valence-corrected chi connectivity index (χ1v) is 9.87. The van der Waals surface area contributed by atoms with Gasteiger partial charge in [-0.1, -0.05) is 0 Å². The molecule has 0 atom stereocenters. The molecule has 0 aromatic heterocycles. The number of hydrogen-bond donors (Lipinski definition) is 2. The van der Waals surface area contributed by atoms with Crippen LogP contribution in [0.15, 0.2) is 23.2 Å². The van der Waals surface area contributed by atoms with Gasteiger partial charge in [0.05, 0.1) is 18.9 Å². The van der Waals surface area contributed by atoms with Crippen LogP contribution in [0.3, 0.4) is 0 Å². The maximum absolute atomic E-state index is 12.4. The first-order valence-electron chi connectivity index (χ1n) is 8.71. The maximum atomic E-state index is 12.4. The van der Waals surface area contributed by atoms with Crippen LogP contribution in [0, 0.1) is 0 Å². The van der Waals surface area contributed by atoms with E-state index in [-0.39, 0.29) is 18.2 Å². The Labute approximate surface area is 153 Å². The van der Waals surface area contributed by atoms with Gasteiger partial charge in [-0.3, -0.25) is 9.59 Å². The highest BCUT2D eigenvalue weighted by molar-refractivity contribution is 7.39. The standard InChI is InChI=1S/C12H13N3O2.C4H11O4P/c16-9-7-8(13-1-2-13)12(17)11(15-5-6-15)10(9)14-3-4-14;1-2-7-3-4-8-9(5)6/h7H,1-6H2;5-6H,2-4H2,1H3. The van der Waals surface area contributed by atoms with Crippen LogP contribution in [0.25, 0.3) is 0 Å². The van der Waals surface area contributed by atoms with Gasteiger partial charge in [-0.05, 0) is 6.92 Å². The minimum Gasteiger partial charge on any atom is -0.379 e. The zero-order valence-electron chi connectivity index (χ0n) is 14.8. The van der Waals surface area contributed by atoms with Gasteiger partial charge in [0.15, 0.2) is 0 Å². The van der Waals surface area contributed by atoms with Gasteiger partial charge in [0.1, 0.15) is 11.4 Å². The van der Waals surface area contributed by atoms with Crippen molar-refractivity contribution in [2.75, 3.05) is 59.1 Å². The van der Waals surface area contributed by atoms with E-state index in [1.807, 2.05) is 21.6 Å².